The molecule has 0 bridgehead atoms. The van der Waals surface area contributed by atoms with E-state index in [-0.39, 0.29) is 22.9 Å². The van der Waals surface area contributed by atoms with Gasteiger partial charge in [0.2, 0.25) is 5.95 Å². The minimum absolute atomic E-state index is 0.215. The number of hydrogen-bond acceptors (Lipinski definition) is 11. The summed E-state index contributed by atoms with van der Waals surface area (Å²) in [5.41, 5.74) is 1.35. The molecule has 6 unspecified atom stereocenters. The second-order valence-corrected chi connectivity index (χ2v) is 13.7. The van der Waals surface area contributed by atoms with Crippen LogP contribution in [-0.2, 0) is 30.6 Å². The fourth-order valence-electron chi connectivity index (χ4n) is 4.79. The Kier molecular flexibility index (Phi) is 9.22. The number of benzene rings is 2. The molecule has 0 saturated carbocycles. The number of aromatic nitrogens is 4. The van der Waals surface area contributed by atoms with Gasteiger partial charge >= 0.3 is 12.6 Å². The van der Waals surface area contributed by atoms with Gasteiger partial charge in [0, 0.05) is 5.39 Å². The lowest BCUT2D eigenvalue weighted by molar-refractivity contribution is -0.191. The van der Waals surface area contributed by atoms with Gasteiger partial charge in [-0.05, 0) is 44.0 Å². The van der Waals surface area contributed by atoms with Crippen molar-refractivity contribution in [2.75, 3.05) is 12.3 Å². The average molecular weight is 671 g/mol. The topological polar surface area (TPSA) is 176 Å². The van der Waals surface area contributed by atoms with Crippen LogP contribution in [-0.4, -0.2) is 73.6 Å². The van der Waals surface area contributed by atoms with Gasteiger partial charge in [0.1, 0.15) is 17.9 Å². The molecule has 5 N–H and O–H groups in total. The molecule has 0 aliphatic carbocycles. The van der Waals surface area contributed by atoms with Gasteiger partial charge in [-0.25, -0.2) is 23.2 Å². The first-order chi connectivity index (χ1) is 21.2. The molecular formula is C27H30F3N6O7PS. The van der Waals surface area contributed by atoms with E-state index < -0.39 is 67.5 Å². The van der Waals surface area contributed by atoms with Crippen molar-refractivity contribution in [1.82, 2.24) is 24.6 Å². The first-order valence-electron chi connectivity index (χ1n) is 13.7. The van der Waals surface area contributed by atoms with Crippen LogP contribution in [0.1, 0.15) is 27.0 Å². The number of carbonyl (C=O) groups is 1. The average Bonchev–Trinajstić information content (AvgIpc) is 3.51. The van der Waals surface area contributed by atoms with Crippen molar-refractivity contribution in [2.45, 2.75) is 63.4 Å². The maximum absolute atomic E-state index is 15.6. The van der Waals surface area contributed by atoms with Crippen LogP contribution >= 0.6 is 6.64 Å². The summed E-state index contributed by atoms with van der Waals surface area (Å²) in [6.07, 6.45) is -9.87. The van der Waals surface area contributed by atoms with Gasteiger partial charge in [-0.2, -0.15) is 4.98 Å². The van der Waals surface area contributed by atoms with E-state index in [1.54, 1.807) is 44.2 Å². The molecule has 0 radical (unpaired) electrons. The highest BCUT2D eigenvalue weighted by Crippen LogP contribution is 2.51. The summed E-state index contributed by atoms with van der Waals surface area (Å²) in [7, 11) is 0. The number of rotatable bonds is 11. The molecule has 242 valence electrons. The molecule has 0 amide bonds. The largest absolute Gasteiger partial charge is 0.462 e. The number of nitrogens with zero attached hydrogens (tertiary/aromatic N) is 3. The van der Waals surface area contributed by atoms with Crippen molar-refractivity contribution in [3.63, 3.8) is 0 Å². The number of fused-ring (bicyclic) bond motifs is 2. The Bertz CT molecular complexity index is 1820. The normalized spacial score (nSPS) is 23.9. The summed E-state index contributed by atoms with van der Waals surface area (Å²) < 4.78 is 68.8. The van der Waals surface area contributed by atoms with Crippen LogP contribution in [0.15, 0.2) is 53.6 Å². The van der Waals surface area contributed by atoms with Crippen molar-refractivity contribution in [3.8, 4) is 5.75 Å². The molecule has 5 rings (SSSR count). The second kappa shape index (κ2) is 12.7. The van der Waals surface area contributed by atoms with Crippen LogP contribution < -0.4 is 20.9 Å². The van der Waals surface area contributed by atoms with Crippen molar-refractivity contribution in [2.24, 2.45) is 0 Å². The quantitative estimate of drug-likeness (QED) is 0.136. The molecule has 4 aromatic rings. The molecular weight excluding hydrogens is 640 g/mol. The van der Waals surface area contributed by atoms with Gasteiger partial charge in [0.25, 0.3) is 12.0 Å². The number of nitrogen functional groups attached to an aromatic ring is 1. The Morgan fingerprint density at radius 1 is 1.27 bits per heavy atom. The van der Waals surface area contributed by atoms with Crippen molar-refractivity contribution in [3.05, 3.63) is 59.1 Å². The van der Waals surface area contributed by atoms with Gasteiger partial charge in [0.05, 0.1) is 19.0 Å². The zero-order chi connectivity index (χ0) is 32.7. The number of halogens is 3. The highest BCUT2D eigenvalue weighted by molar-refractivity contribution is 8.09. The van der Waals surface area contributed by atoms with E-state index in [2.05, 4.69) is 20.0 Å². The molecule has 0 spiro atoms. The first kappa shape index (κ1) is 32.8. The molecule has 1 aliphatic rings. The van der Waals surface area contributed by atoms with Gasteiger partial charge < -0.3 is 29.4 Å². The predicted octanol–water partition coefficient (Wildman–Crippen LogP) is 3.34. The number of H-pyrrole nitrogens is 1. The lowest BCUT2D eigenvalue weighted by atomic mass is 9.97. The molecule has 2 aromatic carbocycles. The molecule has 2 aromatic heterocycles. The summed E-state index contributed by atoms with van der Waals surface area (Å²) in [4.78, 5) is 34.8. The SMILES string of the molecule is CC(C)OC(=O)C(C)NP(=S)(OCC1(C(F)F)OC(n2cnc3c(=O)[nH]c(N)nc32)C(F)C1O)Oc1cccc2ccccc12. The van der Waals surface area contributed by atoms with E-state index in [1.807, 2.05) is 12.1 Å². The minimum atomic E-state index is -3.97. The molecule has 18 heteroatoms. The Morgan fingerprint density at radius 3 is 2.69 bits per heavy atom. The van der Waals surface area contributed by atoms with Gasteiger partial charge in [0.15, 0.2) is 29.2 Å². The molecule has 6 atom stereocenters. The van der Waals surface area contributed by atoms with Crippen molar-refractivity contribution >= 4 is 52.3 Å². The Morgan fingerprint density at radius 2 is 1.98 bits per heavy atom. The van der Waals surface area contributed by atoms with Crippen LogP contribution in [0.4, 0.5) is 19.1 Å². The Hall–Kier alpha value is -3.60. The Labute approximate surface area is 259 Å². The summed E-state index contributed by atoms with van der Waals surface area (Å²) in [5, 5.41) is 15.0. The zero-order valence-electron chi connectivity index (χ0n) is 24.1. The smallest absolute Gasteiger partial charge is 0.323 e. The molecule has 3 heterocycles. The number of nitrogens with two attached hydrogens (primary N) is 1. The van der Waals surface area contributed by atoms with Crippen molar-refractivity contribution < 1.29 is 41.6 Å². The third kappa shape index (κ3) is 6.41. The maximum atomic E-state index is 15.6. The van der Waals surface area contributed by atoms with Crippen LogP contribution in [0.3, 0.4) is 0 Å². The minimum Gasteiger partial charge on any atom is -0.462 e. The molecule has 1 saturated heterocycles. The van der Waals surface area contributed by atoms with E-state index in [9.17, 15) is 23.5 Å². The fourth-order valence-corrected chi connectivity index (χ4v) is 7.22. The van der Waals surface area contributed by atoms with Crippen LogP contribution in [0.2, 0.25) is 0 Å². The number of aromatic amines is 1. The standard InChI is InChI=1S/C27H30F3N6O7PS/c1-13(2)41-24(39)14(3)35-44(45,43-17-10-6-8-15-7-4-5-9-16(15)17)40-11-27(25(29)30)20(37)18(28)23(42-27)36-12-32-19-21(36)33-26(31)34-22(19)38/h4-10,12-14,18,20,23,25,37H,11H2,1-3H3,(H,35,45)(H3,31,33,34,38). The van der Waals surface area contributed by atoms with E-state index >= 15 is 4.39 Å². The number of imidazole rings is 1. The van der Waals surface area contributed by atoms with Crippen molar-refractivity contribution in [1.29, 1.82) is 0 Å². The number of nitrogens with one attached hydrogen (secondary N) is 2. The third-order valence-electron chi connectivity index (χ3n) is 6.99. The van der Waals surface area contributed by atoms with E-state index in [0.717, 1.165) is 16.3 Å². The van der Waals surface area contributed by atoms with E-state index in [1.165, 1.54) is 6.92 Å². The summed E-state index contributed by atoms with van der Waals surface area (Å²) >= 11 is 5.69. The lowest BCUT2D eigenvalue weighted by Crippen LogP contribution is -2.52. The number of esters is 1. The maximum Gasteiger partial charge on any atom is 0.323 e. The molecule has 13 nitrogen and oxygen atoms in total. The molecule has 1 aliphatic heterocycles. The van der Waals surface area contributed by atoms with Gasteiger partial charge in [-0.1, -0.05) is 36.4 Å². The highest BCUT2D eigenvalue weighted by Gasteiger charge is 2.62. The third-order valence-corrected chi connectivity index (χ3v) is 9.46. The first-order valence-corrected chi connectivity index (χ1v) is 16.3. The fraction of sp³-hybridized carbons (Fsp3) is 0.407. The number of carbonyl (C=O) groups excluding carboxylic acids is 1. The highest BCUT2D eigenvalue weighted by atomic mass is 32.5. The van der Waals surface area contributed by atoms with Gasteiger partial charge in [-0.3, -0.25) is 19.1 Å². The van der Waals surface area contributed by atoms with Crippen LogP contribution in [0, 0.1) is 0 Å². The zero-order valence-corrected chi connectivity index (χ0v) is 25.8. The monoisotopic (exact) mass is 670 g/mol. The van der Waals surface area contributed by atoms with E-state index in [4.69, 9.17) is 36.1 Å². The van der Waals surface area contributed by atoms with Crippen LogP contribution in [0.5, 0.6) is 5.75 Å². The number of hydrogen-bond donors (Lipinski definition) is 4. The number of alkyl halides is 3. The summed E-state index contributed by atoms with van der Waals surface area (Å²) in [5.74, 6) is -0.843. The van der Waals surface area contributed by atoms with E-state index in [0.29, 0.717) is 5.39 Å². The lowest BCUT2D eigenvalue weighted by Gasteiger charge is -2.34. The Balaban J connectivity index is 1.48. The molecule has 1 fully saturated rings. The second-order valence-electron chi connectivity index (χ2n) is 10.6. The summed E-state index contributed by atoms with van der Waals surface area (Å²) in [6.45, 7) is -0.441. The number of ether oxygens (including phenoxy) is 2. The predicted molar refractivity (Wildman–Crippen MR) is 161 cm³/mol. The molecule has 45 heavy (non-hydrogen) atoms. The number of anilines is 1. The number of aliphatic hydroxyl groups excluding tert-OH is 1. The summed E-state index contributed by atoms with van der Waals surface area (Å²) in [6, 6.07) is 11.1. The number of aliphatic hydroxyl groups is 1. The van der Waals surface area contributed by atoms with Crippen LogP contribution in [0.25, 0.3) is 21.9 Å². The van der Waals surface area contributed by atoms with Gasteiger partial charge in [-0.15, -0.1) is 0 Å².